The Morgan fingerprint density at radius 2 is 0.780 bits per heavy atom. The van der Waals surface area contributed by atoms with Gasteiger partial charge in [-0.05, 0) is 49.9 Å². The molecule has 1 heterocycles. The Balaban J connectivity index is 2.43. The predicted molar refractivity (Wildman–Crippen MR) is 167 cm³/mol. The summed E-state index contributed by atoms with van der Waals surface area (Å²) in [6, 6.07) is 1.63. The Morgan fingerprint density at radius 1 is 0.520 bits per heavy atom. The van der Waals surface area contributed by atoms with Crippen LogP contribution in [0, 0.1) is 0 Å². The van der Waals surface area contributed by atoms with E-state index in [0.717, 1.165) is 0 Å². The van der Waals surface area contributed by atoms with E-state index in [4.69, 9.17) is 23.7 Å². The molecule has 0 atom stereocenters. The van der Waals surface area contributed by atoms with E-state index in [0.29, 0.717) is 63.5 Å². The molecule has 0 saturated carbocycles. The minimum Gasteiger partial charge on any atom is -0.462 e. The van der Waals surface area contributed by atoms with Gasteiger partial charge in [0.05, 0.1) is 48.7 Å². The highest BCUT2D eigenvalue weighted by Gasteiger charge is 2.75. The van der Waals surface area contributed by atoms with Crippen LogP contribution < -0.4 is 4.74 Å². The Kier molecular flexibility index (Phi) is 13.7. The van der Waals surface area contributed by atoms with Crippen molar-refractivity contribution < 1.29 is 69.2 Å². The van der Waals surface area contributed by atoms with E-state index < -0.39 is 86.5 Å². The summed E-state index contributed by atoms with van der Waals surface area (Å²) in [6.07, 6.45) is -8.76. The minimum atomic E-state index is -6.20. The molecule has 3 rings (SSSR count). The quantitative estimate of drug-likeness (QED) is 0.0726. The third-order valence-electron chi connectivity index (χ3n) is 7.92. The molecule has 0 amide bonds. The van der Waals surface area contributed by atoms with Gasteiger partial charge in [0, 0.05) is 11.1 Å². The molecule has 0 bridgehead atoms. The van der Waals surface area contributed by atoms with Gasteiger partial charge >= 0.3 is 36.2 Å². The summed E-state index contributed by atoms with van der Waals surface area (Å²) in [5.74, 6) is -7.34. The van der Waals surface area contributed by atoms with Gasteiger partial charge in [-0.1, -0.05) is 53.4 Å². The summed E-state index contributed by atoms with van der Waals surface area (Å²) in [5, 5.41) is 0. The SMILES string of the molecule is CCCCOC(=O)c1cc2c(cc1C(=O)OCCCC)C(C(F)(F)F)(C(F)(F)F)c1cc(C(=O)OCCCC)c(C(=O)OCCCC)cc1O2. The number of rotatable bonds is 16. The molecule has 9 nitrogen and oxygen atoms in total. The topological polar surface area (TPSA) is 114 Å². The molecule has 1 aliphatic rings. The van der Waals surface area contributed by atoms with E-state index in [1.54, 1.807) is 27.7 Å². The highest BCUT2D eigenvalue weighted by molar-refractivity contribution is 6.05. The molecule has 1 aliphatic heterocycles. The van der Waals surface area contributed by atoms with Crippen LogP contribution >= 0.6 is 0 Å². The lowest BCUT2D eigenvalue weighted by Gasteiger charge is -2.42. The maximum atomic E-state index is 15.4. The summed E-state index contributed by atoms with van der Waals surface area (Å²) >= 11 is 0. The number of hydrogen-bond donors (Lipinski definition) is 0. The Morgan fingerprint density at radius 3 is 1.02 bits per heavy atom. The van der Waals surface area contributed by atoms with Crippen LogP contribution in [0.15, 0.2) is 24.3 Å². The number of unbranched alkanes of at least 4 members (excludes halogenated alkanes) is 4. The second kappa shape index (κ2) is 17.1. The van der Waals surface area contributed by atoms with Crippen molar-refractivity contribution in [3.05, 3.63) is 57.6 Å². The first-order valence-corrected chi connectivity index (χ1v) is 16.5. The van der Waals surface area contributed by atoms with Gasteiger partial charge in [0.25, 0.3) is 0 Å². The maximum absolute atomic E-state index is 15.4. The van der Waals surface area contributed by atoms with Crippen molar-refractivity contribution in [3.63, 3.8) is 0 Å². The Bertz CT molecular complexity index is 1440. The standard InChI is InChI=1S/C35H40F6O9/c1-5-9-13-46-29(42)21-17-25-27(19-23(21)31(44)48-15-11-7-3)50-28-20-24(32(45)49-16-12-8-4)22(30(43)47-14-10-6-2)18-26(28)33(25,34(36,37)38)35(39,40)41/h17-20H,5-16H2,1-4H3. The molecule has 0 aliphatic carbocycles. The zero-order valence-electron chi connectivity index (χ0n) is 28.2. The van der Waals surface area contributed by atoms with Gasteiger partial charge < -0.3 is 23.7 Å². The van der Waals surface area contributed by atoms with Gasteiger partial charge in [0.1, 0.15) is 11.5 Å². The van der Waals surface area contributed by atoms with Crippen LogP contribution in [-0.4, -0.2) is 62.7 Å². The second-order valence-corrected chi connectivity index (χ2v) is 11.6. The highest BCUT2D eigenvalue weighted by atomic mass is 19.4. The molecule has 0 unspecified atom stereocenters. The number of benzene rings is 2. The zero-order chi connectivity index (χ0) is 37.3. The molecule has 0 aromatic heterocycles. The molecule has 0 saturated heterocycles. The largest absolute Gasteiger partial charge is 0.462 e. The lowest BCUT2D eigenvalue weighted by molar-refractivity contribution is -0.290. The molecule has 50 heavy (non-hydrogen) atoms. The monoisotopic (exact) mass is 718 g/mol. The molecular formula is C35H40F6O9. The van der Waals surface area contributed by atoms with Gasteiger partial charge in [0.15, 0.2) is 0 Å². The number of ether oxygens (including phenoxy) is 5. The first-order valence-electron chi connectivity index (χ1n) is 16.5. The molecule has 0 radical (unpaired) electrons. The van der Waals surface area contributed by atoms with Crippen LogP contribution in [0.1, 0.15) is 132 Å². The normalized spacial score (nSPS) is 13.4. The van der Waals surface area contributed by atoms with Crippen molar-refractivity contribution in [2.75, 3.05) is 26.4 Å². The third-order valence-corrected chi connectivity index (χ3v) is 7.92. The zero-order valence-corrected chi connectivity index (χ0v) is 28.2. The molecular weight excluding hydrogens is 678 g/mol. The fourth-order valence-electron chi connectivity index (χ4n) is 5.17. The number of alkyl halides is 6. The maximum Gasteiger partial charge on any atom is 0.411 e. The number of carbonyl (C=O) groups excluding carboxylic acids is 4. The Labute approximate surface area is 285 Å². The van der Waals surface area contributed by atoms with Crippen molar-refractivity contribution in [2.45, 2.75) is 96.8 Å². The summed E-state index contributed by atoms with van der Waals surface area (Å²) in [4.78, 5) is 52.6. The van der Waals surface area contributed by atoms with Gasteiger partial charge in [-0.2, -0.15) is 26.3 Å². The molecule has 0 spiro atoms. The van der Waals surface area contributed by atoms with Gasteiger partial charge in [-0.3, -0.25) is 0 Å². The summed E-state index contributed by atoms with van der Waals surface area (Å²) < 4.78 is 118. The first-order chi connectivity index (χ1) is 23.6. The van der Waals surface area contributed by atoms with Gasteiger partial charge in [-0.25, -0.2) is 19.2 Å². The smallest absolute Gasteiger partial charge is 0.411 e. The van der Waals surface area contributed by atoms with E-state index in [1.807, 2.05) is 0 Å². The molecule has 2 aromatic carbocycles. The average molecular weight is 719 g/mol. The average Bonchev–Trinajstić information content (AvgIpc) is 3.05. The van der Waals surface area contributed by atoms with Gasteiger partial charge in [-0.15, -0.1) is 0 Å². The van der Waals surface area contributed by atoms with E-state index in [1.165, 1.54) is 0 Å². The summed E-state index contributed by atoms with van der Waals surface area (Å²) in [6.45, 7) is 6.29. The number of fused-ring (bicyclic) bond motifs is 2. The van der Waals surface area contributed by atoms with Crippen LogP contribution in [-0.2, 0) is 24.4 Å². The molecule has 276 valence electrons. The van der Waals surface area contributed by atoms with Crippen molar-refractivity contribution in [2.24, 2.45) is 0 Å². The summed E-state index contributed by atoms with van der Waals surface area (Å²) in [7, 11) is 0. The number of hydrogen-bond acceptors (Lipinski definition) is 9. The van der Waals surface area contributed by atoms with E-state index >= 15 is 26.3 Å². The highest BCUT2D eigenvalue weighted by Crippen LogP contribution is 2.63. The second-order valence-electron chi connectivity index (χ2n) is 11.6. The lowest BCUT2D eigenvalue weighted by atomic mass is 9.69. The van der Waals surface area contributed by atoms with Crippen molar-refractivity contribution >= 4 is 23.9 Å². The van der Waals surface area contributed by atoms with Crippen LogP contribution in [0.2, 0.25) is 0 Å². The molecule has 2 aromatic rings. The minimum absolute atomic E-state index is 0.157. The van der Waals surface area contributed by atoms with E-state index in [2.05, 4.69) is 0 Å². The number of carbonyl (C=O) groups is 4. The molecule has 0 fully saturated rings. The number of esters is 4. The van der Waals surface area contributed by atoms with Crippen LogP contribution in [0.25, 0.3) is 0 Å². The van der Waals surface area contributed by atoms with Crippen LogP contribution in [0.3, 0.4) is 0 Å². The molecule has 15 heteroatoms. The Hall–Kier alpha value is -4.30. The van der Waals surface area contributed by atoms with Gasteiger partial charge in [0.2, 0.25) is 5.41 Å². The van der Waals surface area contributed by atoms with Crippen molar-refractivity contribution in [1.82, 2.24) is 0 Å². The fourth-order valence-corrected chi connectivity index (χ4v) is 5.17. The van der Waals surface area contributed by atoms with Crippen molar-refractivity contribution in [1.29, 1.82) is 0 Å². The predicted octanol–water partition coefficient (Wildman–Crippen LogP) is 9.03. The van der Waals surface area contributed by atoms with E-state index in [-0.39, 0.29) is 38.6 Å². The van der Waals surface area contributed by atoms with E-state index in [9.17, 15) is 19.2 Å². The van der Waals surface area contributed by atoms with Crippen molar-refractivity contribution in [3.8, 4) is 11.5 Å². The van der Waals surface area contributed by atoms with Crippen LogP contribution in [0.5, 0.6) is 11.5 Å². The fraction of sp³-hybridized carbons (Fsp3) is 0.543. The lowest BCUT2D eigenvalue weighted by Crippen LogP contribution is -2.56. The van der Waals surface area contributed by atoms with Crippen LogP contribution in [0.4, 0.5) is 26.3 Å². The molecule has 0 N–H and O–H groups in total. The number of halogens is 6. The summed E-state index contributed by atoms with van der Waals surface area (Å²) in [5.41, 5.74) is -11.4. The third kappa shape index (κ3) is 8.35. The first kappa shape index (κ1) is 40.1.